The number of nitro groups is 1. The van der Waals surface area contributed by atoms with E-state index in [2.05, 4.69) is 5.32 Å². The fraction of sp³-hybridized carbons (Fsp3) is 0.500. The standard InChI is InChI=1S/C12H18N2O3/c1-2-11(9-15)13-8-7-10-3-5-12(6-4-10)14(16)17/h3-6,11,13,15H,2,7-9H2,1H3. The minimum atomic E-state index is -0.402. The highest BCUT2D eigenvalue weighted by molar-refractivity contribution is 5.32. The van der Waals surface area contributed by atoms with Crippen LogP contribution < -0.4 is 5.32 Å². The van der Waals surface area contributed by atoms with Gasteiger partial charge in [0.05, 0.1) is 11.5 Å². The molecular formula is C12H18N2O3. The summed E-state index contributed by atoms with van der Waals surface area (Å²) in [5.74, 6) is 0. The van der Waals surface area contributed by atoms with Crippen LogP contribution in [0.4, 0.5) is 5.69 Å². The van der Waals surface area contributed by atoms with E-state index >= 15 is 0 Å². The SMILES string of the molecule is CCC(CO)NCCc1ccc([N+](=O)[O-])cc1. The van der Waals surface area contributed by atoms with Crippen LogP contribution in [0.3, 0.4) is 0 Å². The predicted molar refractivity (Wildman–Crippen MR) is 66.0 cm³/mol. The minimum absolute atomic E-state index is 0.114. The largest absolute Gasteiger partial charge is 0.395 e. The van der Waals surface area contributed by atoms with Gasteiger partial charge in [-0.1, -0.05) is 19.1 Å². The molecule has 0 spiro atoms. The van der Waals surface area contributed by atoms with E-state index in [1.807, 2.05) is 6.92 Å². The van der Waals surface area contributed by atoms with Crippen LogP contribution in [0, 0.1) is 10.1 Å². The highest BCUT2D eigenvalue weighted by Gasteiger charge is 2.05. The summed E-state index contributed by atoms with van der Waals surface area (Å²) in [6, 6.07) is 6.68. The van der Waals surface area contributed by atoms with Crippen molar-refractivity contribution in [2.45, 2.75) is 25.8 Å². The van der Waals surface area contributed by atoms with E-state index in [9.17, 15) is 10.1 Å². The molecule has 0 amide bonds. The molecule has 0 aliphatic carbocycles. The Kier molecular flexibility index (Phi) is 5.59. The molecular weight excluding hydrogens is 220 g/mol. The Morgan fingerprint density at radius 2 is 2.06 bits per heavy atom. The maximum Gasteiger partial charge on any atom is 0.269 e. The molecule has 0 heterocycles. The van der Waals surface area contributed by atoms with Crippen LogP contribution in [0.15, 0.2) is 24.3 Å². The average Bonchev–Trinajstić information content (AvgIpc) is 2.35. The fourth-order valence-corrected chi connectivity index (χ4v) is 1.54. The Balaban J connectivity index is 2.39. The van der Waals surface area contributed by atoms with Gasteiger partial charge in [0.2, 0.25) is 0 Å². The van der Waals surface area contributed by atoms with Crippen molar-refractivity contribution in [2.75, 3.05) is 13.2 Å². The number of benzene rings is 1. The van der Waals surface area contributed by atoms with Gasteiger partial charge in [-0.3, -0.25) is 10.1 Å². The van der Waals surface area contributed by atoms with Crippen LogP contribution in [0.25, 0.3) is 0 Å². The molecule has 1 rings (SSSR count). The molecule has 0 aliphatic heterocycles. The van der Waals surface area contributed by atoms with E-state index in [0.29, 0.717) is 0 Å². The first-order valence-electron chi connectivity index (χ1n) is 5.75. The number of nitrogens with zero attached hydrogens (tertiary/aromatic N) is 1. The molecule has 0 saturated heterocycles. The summed E-state index contributed by atoms with van der Waals surface area (Å²) >= 11 is 0. The Morgan fingerprint density at radius 1 is 1.41 bits per heavy atom. The number of nitro benzene ring substituents is 1. The zero-order chi connectivity index (χ0) is 12.7. The number of nitrogens with one attached hydrogen (secondary N) is 1. The first kappa shape index (κ1) is 13.6. The predicted octanol–water partition coefficient (Wildman–Crippen LogP) is 1.50. The van der Waals surface area contributed by atoms with Crippen molar-refractivity contribution in [2.24, 2.45) is 0 Å². The van der Waals surface area contributed by atoms with E-state index in [4.69, 9.17) is 5.11 Å². The number of hydrogen-bond donors (Lipinski definition) is 2. The second-order valence-electron chi connectivity index (χ2n) is 3.92. The highest BCUT2D eigenvalue weighted by atomic mass is 16.6. The first-order chi connectivity index (χ1) is 8.17. The second kappa shape index (κ2) is 6.98. The van der Waals surface area contributed by atoms with Crippen LogP contribution in [0.1, 0.15) is 18.9 Å². The van der Waals surface area contributed by atoms with Crippen LogP contribution in [0.5, 0.6) is 0 Å². The Morgan fingerprint density at radius 3 is 2.53 bits per heavy atom. The first-order valence-corrected chi connectivity index (χ1v) is 5.75. The smallest absolute Gasteiger partial charge is 0.269 e. The van der Waals surface area contributed by atoms with Crippen molar-refractivity contribution < 1.29 is 10.0 Å². The van der Waals surface area contributed by atoms with Crippen LogP contribution in [-0.2, 0) is 6.42 Å². The fourth-order valence-electron chi connectivity index (χ4n) is 1.54. The molecule has 0 saturated carbocycles. The summed E-state index contributed by atoms with van der Waals surface area (Å²) < 4.78 is 0. The lowest BCUT2D eigenvalue weighted by Crippen LogP contribution is -2.33. The van der Waals surface area contributed by atoms with E-state index in [0.717, 1.165) is 24.9 Å². The normalized spacial score (nSPS) is 12.4. The van der Waals surface area contributed by atoms with Crippen molar-refractivity contribution >= 4 is 5.69 Å². The summed E-state index contributed by atoms with van der Waals surface area (Å²) in [7, 11) is 0. The molecule has 0 aliphatic rings. The van der Waals surface area contributed by atoms with Crippen molar-refractivity contribution in [1.29, 1.82) is 0 Å². The van der Waals surface area contributed by atoms with Gasteiger partial charge >= 0.3 is 0 Å². The molecule has 0 aromatic heterocycles. The van der Waals surface area contributed by atoms with Gasteiger partial charge in [0, 0.05) is 18.2 Å². The number of non-ortho nitro benzene ring substituents is 1. The van der Waals surface area contributed by atoms with Crippen LogP contribution >= 0.6 is 0 Å². The summed E-state index contributed by atoms with van der Waals surface area (Å²) in [5, 5.41) is 22.7. The van der Waals surface area contributed by atoms with Crippen molar-refractivity contribution in [3.05, 3.63) is 39.9 Å². The highest BCUT2D eigenvalue weighted by Crippen LogP contribution is 2.11. The third-order valence-corrected chi connectivity index (χ3v) is 2.71. The molecule has 1 atom stereocenters. The average molecular weight is 238 g/mol. The van der Waals surface area contributed by atoms with E-state index in [1.54, 1.807) is 12.1 Å². The van der Waals surface area contributed by atoms with Gasteiger partial charge in [0.25, 0.3) is 5.69 Å². The number of aliphatic hydroxyl groups is 1. The molecule has 1 aromatic rings. The van der Waals surface area contributed by atoms with Crippen LogP contribution in [0.2, 0.25) is 0 Å². The van der Waals surface area contributed by atoms with Crippen molar-refractivity contribution in [1.82, 2.24) is 5.32 Å². The molecule has 17 heavy (non-hydrogen) atoms. The zero-order valence-electron chi connectivity index (χ0n) is 9.93. The van der Waals surface area contributed by atoms with Gasteiger partial charge in [-0.05, 0) is 24.9 Å². The quantitative estimate of drug-likeness (QED) is 0.557. The Labute approximate surface area is 101 Å². The van der Waals surface area contributed by atoms with E-state index in [1.165, 1.54) is 12.1 Å². The topological polar surface area (TPSA) is 75.4 Å². The monoisotopic (exact) mass is 238 g/mol. The second-order valence-corrected chi connectivity index (χ2v) is 3.92. The van der Waals surface area contributed by atoms with Crippen LogP contribution in [-0.4, -0.2) is 29.2 Å². The van der Waals surface area contributed by atoms with Gasteiger partial charge < -0.3 is 10.4 Å². The lowest BCUT2D eigenvalue weighted by Gasteiger charge is -2.13. The van der Waals surface area contributed by atoms with Gasteiger partial charge in [0.15, 0.2) is 0 Å². The molecule has 5 nitrogen and oxygen atoms in total. The van der Waals surface area contributed by atoms with Gasteiger partial charge in [0.1, 0.15) is 0 Å². The summed E-state index contributed by atoms with van der Waals surface area (Å²) in [6.07, 6.45) is 1.69. The third kappa shape index (κ3) is 4.50. The lowest BCUT2D eigenvalue weighted by molar-refractivity contribution is -0.384. The summed E-state index contributed by atoms with van der Waals surface area (Å²) in [5.41, 5.74) is 1.17. The zero-order valence-corrected chi connectivity index (χ0v) is 9.93. The number of aliphatic hydroxyl groups excluding tert-OH is 1. The third-order valence-electron chi connectivity index (χ3n) is 2.71. The lowest BCUT2D eigenvalue weighted by atomic mass is 10.1. The van der Waals surface area contributed by atoms with Gasteiger partial charge in [-0.15, -0.1) is 0 Å². The Hall–Kier alpha value is -1.46. The van der Waals surface area contributed by atoms with Gasteiger partial charge in [-0.2, -0.15) is 0 Å². The minimum Gasteiger partial charge on any atom is -0.395 e. The molecule has 2 N–H and O–H groups in total. The molecule has 94 valence electrons. The number of rotatable bonds is 7. The van der Waals surface area contributed by atoms with Crippen molar-refractivity contribution in [3.8, 4) is 0 Å². The molecule has 1 unspecified atom stereocenters. The number of hydrogen-bond acceptors (Lipinski definition) is 4. The molecule has 0 fully saturated rings. The molecule has 1 aromatic carbocycles. The van der Waals surface area contributed by atoms with Gasteiger partial charge in [-0.25, -0.2) is 0 Å². The maximum absolute atomic E-state index is 10.5. The summed E-state index contributed by atoms with van der Waals surface area (Å²) in [6.45, 7) is 2.91. The molecule has 0 bridgehead atoms. The maximum atomic E-state index is 10.5. The van der Waals surface area contributed by atoms with E-state index < -0.39 is 4.92 Å². The van der Waals surface area contributed by atoms with E-state index in [-0.39, 0.29) is 18.3 Å². The molecule has 0 radical (unpaired) electrons. The summed E-state index contributed by atoms with van der Waals surface area (Å²) in [4.78, 5) is 10.1. The Bertz CT molecular complexity index is 347. The van der Waals surface area contributed by atoms with Crippen molar-refractivity contribution in [3.63, 3.8) is 0 Å². The molecule has 5 heteroatoms.